The average Bonchev–Trinajstić information content (AvgIpc) is 3.84. The number of nitrogens with one attached hydrogen (secondary N) is 3. The normalized spacial score (nSPS) is 30.4. The van der Waals surface area contributed by atoms with Gasteiger partial charge in [-0.05, 0) is 56.6 Å². The largest absolute Gasteiger partial charge is 0.444 e. The van der Waals surface area contributed by atoms with E-state index in [0.29, 0.717) is 32.4 Å². The number of carbonyl (C=O) groups is 4. The minimum Gasteiger partial charge on any atom is -0.444 e. The number of ether oxygens (including phenoxy) is 1. The number of para-hydroxylation sites is 1. The topological polar surface area (TPSA) is 154 Å². The van der Waals surface area contributed by atoms with Crippen LogP contribution in [0.3, 0.4) is 0 Å². The van der Waals surface area contributed by atoms with Gasteiger partial charge in [-0.1, -0.05) is 36.8 Å². The van der Waals surface area contributed by atoms with Crippen LogP contribution >= 0.6 is 0 Å². The molecule has 0 aromatic heterocycles. The molecule has 13 heteroatoms. The fraction of sp³-hybridized carbons (Fsp3) is 0.586. The maximum atomic E-state index is 13.8. The summed E-state index contributed by atoms with van der Waals surface area (Å²) in [6, 6.07) is 6.14. The minimum atomic E-state index is -3.82. The molecular weight excluding hydrogens is 562 g/mol. The molecule has 0 radical (unpaired) electrons. The van der Waals surface area contributed by atoms with E-state index in [2.05, 4.69) is 15.4 Å². The Hall–Kier alpha value is -3.61. The smallest absolute Gasteiger partial charge is 0.414 e. The molecule has 3 N–H and O–H groups in total. The first-order chi connectivity index (χ1) is 20.2. The Kier molecular flexibility index (Phi) is 7.62. The summed E-state index contributed by atoms with van der Waals surface area (Å²) in [5, 5.41) is 5.10. The van der Waals surface area contributed by atoms with Gasteiger partial charge in [0.05, 0.1) is 17.5 Å². The van der Waals surface area contributed by atoms with Crippen LogP contribution in [0, 0.1) is 5.92 Å². The Balaban J connectivity index is 1.20. The second-order valence-electron chi connectivity index (χ2n) is 11.9. The third kappa shape index (κ3) is 5.70. The van der Waals surface area contributed by atoms with Gasteiger partial charge in [-0.25, -0.2) is 18.0 Å². The quantitative estimate of drug-likeness (QED) is 0.447. The molecule has 2 aliphatic carbocycles. The van der Waals surface area contributed by atoms with Gasteiger partial charge in [-0.3, -0.25) is 19.2 Å². The van der Waals surface area contributed by atoms with Crippen LogP contribution in [0.5, 0.6) is 0 Å². The van der Waals surface area contributed by atoms with Gasteiger partial charge in [0.15, 0.2) is 0 Å². The molecule has 3 fully saturated rings. The molecule has 1 aromatic rings. The molecule has 1 aromatic carbocycles. The van der Waals surface area contributed by atoms with Gasteiger partial charge < -0.3 is 20.3 Å². The Morgan fingerprint density at radius 3 is 2.71 bits per heavy atom. The number of amides is 5. The number of hydrogen-bond donors (Lipinski definition) is 3. The Morgan fingerprint density at radius 1 is 1.10 bits per heavy atom. The lowest BCUT2D eigenvalue weighted by atomic mass is 10.1. The number of allylic oxidation sites excluding steroid dienone is 1. The summed E-state index contributed by atoms with van der Waals surface area (Å²) in [7, 11) is -3.82. The summed E-state index contributed by atoms with van der Waals surface area (Å²) in [4.78, 5) is 56.4. The van der Waals surface area contributed by atoms with Gasteiger partial charge in [0.25, 0.3) is 5.91 Å². The molecule has 42 heavy (non-hydrogen) atoms. The zero-order valence-corrected chi connectivity index (χ0v) is 24.2. The first-order valence-electron chi connectivity index (χ1n) is 14.8. The standard InChI is InChI=1S/C29H37N5O7S/c35-25-24-16-21(41-28(38)33-15-13-19-8-5-6-10-23(19)33)18-34(24)27(37)30-14-7-3-1-2-4-9-20-17-29(20,31-25)26(36)32-42(39,40)22-11-12-22/h4-6,8-10,20-22,24H,1-3,7,11-18H2,(H,30,37)(H,31,35)(H,32,36)/b9-4+. The molecule has 4 atom stereocenters. The third-order valence-electron chi connectivity index (χ3n) is 8.86. The first kappa shape index (κ1) is 28.5. The minimum absolute atomic E-state index is 0.0176. The summed E-state index contributed by atoms with van der Waals surface area (Å²) in [5.74, 6) is -1.71. The van der Waals surface area contributed by atoms with E-state index in [1.165, 1.54) is 4.90 Å². The zero-order chi connectivity index (χ0) is 29.5. The van der Waals surface area contributed by atoms with E-state index in [0.717, 1.165) is 36.9 Å². The van der Waals surface area contributed by atoms with E-state index in [1.54, 1.807) is 4.90 Å². The molecular formula is C29H37N5O7S. The van der Waals surface area contributed by atoms with E-state index in [-0.39, 0.29) is 25.3 Å². The van der Waals surface area contributed by atoms with Crippen molar-refractivity contribution in [2.45, 2.75) is 80.7 Å². The van der Waals surface area contributed by atoms with Gasteiger partial charge in [0.1, 0.15) is 17.7 Å². The Bertz CT molecular complexity index is 1410. The van der Waals surface area contributed by atoms with Crippen molar-refractivity contribution in [1.29, 1.82) is 0 Å². The van der Waals surface area contributed by atoms with Crippen LogP contribution in [-0.2, 0) is 30.8 Å². The number of hydrogen-bond acceptors (Lipinski definition) is 7. The van der Waals surface area contributed by atoms with Crippen LogP contribution in [0.2, 0.25) is 0 Å². The van der Waals surface area contributed by atoms with Crippen molar-refractivity contribution < 1.29 is 32.3 Å². The highest BCUT2D eigenvalue weighted by molar-refractivity contribution is 7.91. The lowest BCUT2D eigenvalue weighted by Gasteiger charge is -2.26. The number of anilines is 1. The predicted octanol–water partition coefficient (Wildman–Crippen LogP) is 1.95. The number of urea groups is 1. The van der Waals surface area contributed by atoms with E-state index in [1.807, 2.05) is 36.4 Å². The van der Waals surface area contributed by atoms with Crippen molar-refractivity contribution in [3.63, 3.8) is 0 Å². The molecule has 2 saturated carbocycles. The number of sulfonamides is 1. The van der Waals surface area contributed by atoms with Gasteiger partial charge in [0, 0.05) is 25.4 Å². The van der Waals surface area contributed by atoms with Crippen LogP contribution in [0.25, 0.3) is 0 Å². The summed E-state index contributed by atoms with van der Waals surface area (Å²) in [5.41, 5.74) is 0.409. The highest BCUT2D eigenvalue weighted by Gasteiger charge is 2.62. The molecule has 12 nitrogen and oxygen atoms in total. The van der Waals surface area contributed by atoms with Crippen molar-refractivity contribution in [1.82, 2.24) is 20.3 Å². The molecule has 5 amide bonds. The second kappa shape index (κ2) is 11.2. The number of fused-ring (bicyclic) bond motifs is 3. The van der Waals surface area contributed by atoms with Gasteiger partial charge in [-0.15, -0.1) is 0 Å². The zero-order valence-electron chi connectivity index (χ0n) is 23.4. The van der Waals surface area contributed by atoms with Gasteiger partial charge in [0.2, 0.25) is 15.9 Å². The van der Waals surface area contributed by atoms with E-state index in [9.17, 15) is 27.6 Å². The number of benzene rings is 1. The molecule has 0 spiro atoms. The highest BCUT2D eigenvalue weighted by atomic mass is 32.2. The van der Waals surface area contributed by atoms with Crippen LogP contribution in [0.4, 0.5) is 15.3 Å². The maximum absolute atomic E-state index is 13.8. The first-order valence-corrected chi connectivity index (χ1v) is 16.4. The molecule has 1 saturated heterocycles. The fourth-order valence-corrected chi connectivity index (χ4v) is 7.54. The maximum Gasteiger partial charge on any atom is 0.414 e. The lowest BCUT2D eigenvalue weighted by Crippen LogP contribution is -2.57. The number of carbonyl (C=O) groups excluding carboxylic acids is 4. The molecule has 3 aliphatic heterocycles. The Morgan fingerprint density at radius 2 is 1.90 bits per heavy atom. The van der Waals surface area contributed by atoms with Crippen LogP contribution < -0.4 is 20.3 Å². The van der Waals surface area contributed by atoms with Crippen LogP contribution in [0.15, 0.2) is 36.4 Å². The molecule has 226 valence electrons. The second-order valence-corrected chi connectivity index (χ2v) is 13.9. The molecule has 3 heterocycles. The summed E-state index contributed by atoms with van der Waals surface area (Å²) in [6.07, 6.45) is 7.92. The van der Waals surface area contributed by atoms with Crippen molar-refractivity contribution in [3.8, 4) is 0 Å². The van der Waals surface area contributed by atoms with E-state index < -0.39 is 56.9 Å². The van der Waals surface area contributed by atoms with Crippen molar-refractivity contribution >= 4 is 39.6 Å². The van der Waals surface area contributed by atoms with E-state index in [4.69, 9.17) is 4.74 Å². The SMILES string of the molecule is O=C1NC2(C(=O)NS(=O)(=O)C3CC3)CC2/C=C/CCCCCNC(=O)N2CC(OC(=O)N3CCc4ccccc43)CC12. The molecule has 0 bridgehead atoms. The number of nitrogens with zero attached hydrogens (tertiary/aromatic N) is 2. The van der Waals surface area contributed by atoms with Crippen molar-refractivity contribution in [2.24, 2.45) is 5.92 Å². The highest BCUT2D eigenvalue weighted by Crippen LogP contribution is 2.46. The summed E-state index contributed by atoms with van der Waals surface area (Å²) >= 11 is 0. The van der Waals surface area contributed by atoms with Crippen LogP contribution in [-0.4, -0.2) is 79.8 Å². The summed E-state index contributed by atoms with van der Waals surface area (Å²) < 4.78 is 33.1. The molecule has 5 aliphatic rings. The van der Waals surface area contributed by atoms with Gasteiger partial charge >= 0.3 is 12.1 Å². The van der Waals surface area contributed by atoms with Gasteiger partial charge in [-0.2, -0.15) is 0 Å². The van der Waals surface area contributed by atoms with Crippen LogP contribution in [0.1, 0.15) is 56.9 Å². The monoisotopic (exact) mass is 599 g/mol. The number of rotatable bonds is 4. The fourth-order valence-electron chi connectivity index (χ4n) is 6.18. The molecule has 6 rings (SSSR count). The van der Waals surface area contributed by atoms with Crippen molar-refractivity contribution in [2.75, 3.05) is 24.5 Å². The Labute approximate surface area is 245 Å². The average molecular weight is 600 g/mol. The molecule has 4 unspecified atom stereocenters. The lowest BCUT2D eigenvalue weighted by molar-refractivity contribution is -0.131. The summed E-state index contributed by atoms with van der Waals surface area (Å²) in [6.45, 7) is 0.940. The van der Waals surface area contributed by atoms with Crippen molar-refractivity contribution in [3.05, 3.63) is 42.0 Å². The third-order valence-corrected chi connectivity index (χ3v) is 10.7. The van der Waals surface area contributed by atoms with E-state index >= 15 is 0 Å². The predicted molar refractivity (Wildman–Crippen MR) is 153 cm³/mol.